The van der Waals surface area contributed by atoms with Gasteiger partial charge in [-0.2, -0.15) is 5.10 Å². The molecule has 0 bridgehead atoms. The van der Waals surface area contributed by atoms with Crippen LogP contribution in [0, 0.1) is 12.7 Å². The van der Waals surface area contributed by atoms with Gasteiger partial charge in [-0.3, -0.25) is 9.82 Å². The Labute approximate surface area is 120 Å². The number of aromatic amines is 1. The van der Waals surface area contributed by atoms with Crippen molar-refractivity contribution in [2.45, 2.75) is 18.4 Å². The number of nitrogens with one attached hydrogen (secondary N) is 2. The van der Waals surface area contributed by atoms with E-state index in [9.17, 15) is 12.8 Å². The van der Waals surface area contributed by atoms with Gasteiger partial charge in [-0.15, -0.1) is 0 Å². The number of nitrogens with two attached hydrogens (primary N) is 1. The average Bonchev–Trinajstić information content (AvgIpc) is 2.75. The van der Waals surface area contributed by atoms with Gasteiger partial charge in [0.05, 0.1) is 17.1 Å². The summed E-state index contributed by atoms with van der Waals surface area (Å²) in [5, 5.41) is 6.55. The second kappa shape index (κ2) is 5.39. The summed E-state index contributed by atoms with van der Waals surface area (Å²) in [6, 6.07) is 3.58. The SMILES string of the molecule is Cc1[nH]nc(CN)c1S(=O)(=O)Nc1cc(Cl)ccc1F. The van der Waals surface area contributed by atoms with E-state index in [0.717, 1.165) is 6.07 Å². The first kappa shape index (κ1) is 14.8. The maximum atomic E-state index is 13.6. The first-order valence-electron chi connectivity index (χ1n) is 5.57. The number of benzene rings is 1. The molecular weight excluding hydrogens is 307 g/mol. The third kappa shape index (κ3) is 2.77. The highest BCUT2D eigenvalue weighted by molar-refractivity contribution is 7.92. The number of hydrogen-bond acceptors (Lipinski definition) is 4. The quantitative estimate of drug-likeness (QED) is 0.799. The molecule has 2 aromatic rings. The lowest BCUT2D eigenvalue weighted by Crippen LogP contribution is -2.17. The monoisotopic (exact) mass is 318 g/mol. The van der Waals surface area contributed by atoms with Crippen LogP contribution in [0.15, 0.2) is 23.1 Å². The van der Waals surface area contributed by atoms with Crippen LogP contribution in [0.3, 0.4) is 0 Å². The molecule has 2 rings (SSSR count). The number of hydrogen-bond donors (Lipinski definition) is 3. The normalized spacial score (nSPS) is 11.6. The number of aryl methyl sites for hydroxylation is 1. The van der Waals surface area contributed by atoms with Crippen LogP contribution in [0.4, 0.5) is 10.1 Å². The molecule has 0 atom stereocenters. The number of sulfonamides is 1. The molecule has 0 aliphatic heterocycles. The Hall–Kier alpha value is -1.64. The molecule has 0 fully saturated rings. The number of rotatable bonds is 4. The van der Waals surface area contributed by atoms with Gasteiger partial charge in [-0.05, 0) is 25.1 Å². The van der Waals surface area contributed by atoms with Gasteiger partial charge in [0.15, 0.2) is 0 Å². The summed E-state index contributed by atoms with van der Waals surface area (Å²) >= 11 is 5.72. The van der Waals surface area contributed by atoms with Gasteiger partial charge in [0.2, 0.25) is 0 Å². The van der Waals surface area contributed by atoms with Gasteiger partial charge < -0.3 is 5.73 Å². The second-order valence-corrected chi connectivity index (χ2v) is 6.11. The summed E-state index contributed by atoms with van der Waals surface area (Å²) in [5.41, 5.74) is 5.70. The van der Waals surface area contributed by atoms with E-state index in [-0.39, 0.29) is 27.8 Å². The third-order valence-corrected chi connectivity index (χ3v) is 4.40. The molecule has 1 aromatic carbocycles. The van der Waals surface area contributed by atoms with Crippen molar-refractivity contribution in [3.05, 3.63) is 40.4 Å². The van der Waals surface area contributed by atoms with Crippen LogP contribution >= 0.6 is 11.6 Å². The number of nitrogens with zero attached hydrogens (tertiary/aromatic N) is 1. The Morgan fingerprint density at radius 1 is 1.50 bits per heavy atom. The lowest BCUT2D eigenvalue weighted by molar-refractivity contribution is 0.597. The summed E-state index contributed by atoms with van der Waals surface area (Å²) < 4.78 is 40.3. The molecule has 20 heavy (non-hydrogen) atoms. The predicted octanol–water partition coefficient (Wildman–Crippen LogP) is 1.77. The van der Waals surface area contributed by atoms with E-state index in [2.05, 4.69) is 14.9 Å². The zero-order chi connectivity index (χ0) is 14.9. The number of aromatic nitrogens is 2. The smallest absolute Gasteiger partial charge is 0.265 e. The van der Waals surface area contributed by atoms with Crippen LogP contribution in [0.1, 0.15) is 11.4 Å². The Morgan fingerprint density at radius 3 is 2.85 bits per heavy atom. The third-order valence-electron chi connectivity index (χ3n) is 2.60. The van der Waals surface area contributed by atoms with Crippen molar-refractivity contribution in [2.75, 3.05) is 4.72 Å². The van der Waals surface area contributed by atoms with Crippen LogP contribution in [0.25, 0.3) is 0 Å². The molecule has 1 aromatic heterocycles. The van der Waals surface area contributed by atoms with Crippen molar-refractivity contribution in [2.24, 2.45) is 5.73 Å². The lowest BCUT2D eigenvalue weighted by Gasteiger charge is -2.09. The Morgan fingerprint density at radius 2 is 2.20 bits per heavy atom. The maximum absolute atomic E-state index is 13.6. The molecule has 0 saturated carbocycles. The van der Waals surface area contributed by atoms with Crippen molar-refractivity contribution in [1.82, 2.24) is 10.2 Å². The van der Waals surface area contributed by atoms with Crippen LogP contribution in [0.5, 0.6) is 0 Å². The fourth-order valence-electron chi connectivity index (χ4n) is 1.74. The number of halogens is 2. The molecule has 1 heterocycles. The zero-order valence-electron chi connectivity index (χ0n) is 10.4. The van der Waals surface area contributed by atoms with E-state index in [1.165, 1.54) is 19.1 Å². The minimum atomic E-state index is -4.01. The van der Waals surface area contributed by atoms with Crippen LogP contribution in [-0.4, -0.2) is 18.6 Å². The molecule has 0 unspecified atom stereocenters. The molecular formula is C11H12ClFN4O2S. The Kier molecular flexibility index (Phi) is 3.98. The highest BCUT2D eigenvalue weighted by Gasteiger charge is 2.24. The van der Waals surface area contributed by atoms with Crippen LogP contribution < -0.4 is 10.5 Å². The van der Waals surface area contributed by atoms with Gasteiger partial charge in [0.25, 0.3) is 10.0 Å². The summed E-state index contributed by atoms with van der Waals surface area (Å²) in [7, 11) is -4.01. The molecule has 108 valence electrons. The highest BCUT2D eigenvalue weighted by Crippen LogP contribution is 2.25. The van der Waals surface area contributed by atoms with Gasteiger partial charge >= 0.3 is 0 Å². The minimum Gasteiger partial charge on any atom is -0.325 e. The molecule has 0 amide bonds. The summed E-state index contributed by atoms with van der Waals surface area (Å²) in [4.78, 5) is -0.0839. The minimum absolute atomic E-state index is 0.0569. The van der Waals surface area contributed by atoms with E-state index in [0.29, 0.717) is 5.69 Å². The fourth-order valence-corrected chi connectivity index (χ4v) is 3.34. The fraction of sp³-hybridized carbons (Fsp3) is 0.182. The van der Waals surface area contributed by atoms with E-state index in [1.54, 1.807) is 0 Å². The zero-order valence-corrected chi connectivity index (χ0v) is 12.0. The van der Waals surface area contributed by atoms with E-state index in [1.807, 2.05) is 0 Å². The van der Waals surface area contributed by atoms with Crippen molar-refractivity contribution in [1.29, 1.82) is 0 Å². The standard InChI is InChI=1S/C11H12ClFN4O2S/c1-6-11(10(5-14)16-15-6)20(18,19)17-9-4-7(12)2-3-8(9)13/h2-4,17H,5,14H2,1H3,(H,15,16). The molecule has 0 spiro atoms. The first-order chi connectivity index (χ1) is 9.35. The van der Waals surface area contributed by atoms with Gasteiger partial charge in [0, 0.05) is 11.6 Å². The van der Waals surface area contributed by atoms with E-state index in [4.69, 9.17) is 17.3 Å². The molecule has 0 saturated heterocycles. The summed E-state index contributed by atoms with van der Waals surface area (Å²) in [6.45, 7) is 1.48. The van der Waals surface area contributed by atoms with Crippen molar-refractivity contribution in [3.8, 4) is 0 Å². The topological polar surface area (TPSA) is 101 Å². The maximum Gasteiger partial charge on any atom is 0.265 e. The molecule has 0 radical (unpaired) electrons. The summed E-state index contributed by atoms with van der Waals surface area (Å²) in [5.74, 6) is -0.728. The van der Waals surface area contributed by atoms with E-state index >= 15 is 0 Å². The van der Waals surface area contributed by atoms with Gasteiger partial charge in [-0.1, -0.05) is 11.6 Å². The molecule has 6 nitrogen and oxygen atoms in total. The molecule has 9 heteroatoms. The first-order valence-corrected chi connectivity index (χ1v) is 7.43. The number of anilines is 1. The van der Waals surface area contributed by atoms with E-state index < -0.39 is 15.8 Å². The largest absolute Gasteiger partial charge is 0.325 e. The predicted molar refractivity (Wildman–Crippen MR) is 73.4 cm³/mol. The van der Waals surface area contributed by atoms with Crippen molar-refractivity contribution < 1.29 is 12.8 Å². The average molecular weight is 319 g/mol. The van der Waals surface area contributed by atoms with Gasteiger partial charge in [-0.25, -0.2) is 12.8 Å². The van der Waals surface area contributed by atoms with Crippen LogP contribution in [-0.2, 0) is 16.6 Å². The molecule has 0 aliphatic carbocycles. The lowest BCUT2D eigenvalue weighted by atomic mass is 10.3. The Balaban J connectivity index is 2.46. The highest BCUT2D eigenvalue weighted by atomic mass is 35.5. The van der Waals surface area contributed by atoms with Gasteiger partial charge in [0.1, 0.15) is 10.7 Å². The molecule has 4 N–H and O–H groups in total. The summed E-state index contributed by atoms with van der Waals surface area (Å²) in [6.07, 6.45) is 0. The van der Waals surface area contributed by atoms with Crippen LogP contribution in [0.2, 0.25) is 5.02 Å². The second-order valence-electron chi connectivity index (χ2n) is 4.06. The Bertz CT molecular complexity index is 745. The van der Waals surface area contributed by atoms with Crippen molar-refractivity contribution >= 4 is 27.3 Å². The van der Waals surface area contributed by atoms with Crippen molar-refractivity contribution in [3.63, 3.8) is 0 Å². The number of H-pyrrole nitrogens is 1. The molecule has 0 aliphatic rings.